The van der Waals surface area contributed by atoms with Gasteiger partial charge in [-0.15, -0.1) is 0 Å². The lowest BCUT2D eigenvalue weighted by Gasteiger charge is -2.08. The summed E-state index contributed by atoms with van der Waals surface area (Å²) in [6, 6.07) is 0. The van der Waals surface area contributed by atoms with Crippen molar-refractivity contribution < 1.29 is 9.53 Å². The highest BCUT2D eigenvalue weighted by Gasteiger charge is 2.28. The molecule has 15 heavy (non-hydrogen) atoms. The van der Waals surface area contributed by atoms with E-state index in [9.17, 15) is 4.79 Å². The van der Waals surface area contributed by atoms with E-state index < -0.39 is 0 Å². The molecular formula is C10H15N3O2. The normalized spacial score (nSPS) is 25.7. The van der Waals surface area contributed by atoms with Crippen molar-refractivity contribution in [3.63, 3.8) is 0 Å². The molecule has 5 nitrogen and oxygen atoms in total. The van der Waals surface area contributed by atoms with Crippen molar-refractivity contribution in [1.29, 1.82) is 0 Å². The molecule has 0 saturated carbocycles. The zero-order chi connectivity index (χ0) is 10.8. The number of ketones is 1. The fourth-order valence-corrected chi connectivity index (χ4v) is 1.80. The second-order valence-corrected chi connectivity index (χ2v) is 3.98. The molecule has 0 radical (unpaired) electrons. The molecule has 2 atom stereocenters. The van der Waals surface area contributed by atoms with Gasteiger partial charge in [0.2, 0.25) is 0 Å². The van der Waals surface area contributed by atoms with Gasteiger partial charge in [0.25, 0.3) is 0 Å². The van der Waals surface area contributed by atoms with Gasteiger partial charge < -0.3 is 4.74 Å². The summed E-state index contributed by atoms with van der Waals surface area (Å²) in [5.74, 6) is 0.111. The molecular weight excluding hydrogens is 194 g/mol. The van der Waals surface area contributed by atoms with Crippen LogP contribution in [0, 0.1) is 0 Å². The third-order valence-electron chi connectivity index (χ3n) is 2.59. The Morgan fingerprint density at radius 3 is 3.00 bits per heavy atom. The highest BCUT2D eigenvalue weighted by atomic mass is 16.5. The Balaban J connectivity index is 1.92. The number of carbonyl (C=O) groups excluding carboxylic acids is 1. The molecule has 2 rings (SSSR count). The lowest BCUT2D eigenvalue weighted by atomic mass is 10.1. The number of carbonyl (C=O) groups is 1. The first-order valence-electron chi connectivity index (χ1n) is 5.18. The van der Waals surface area contributed by atoms with E-state index in [2.05, 4.69) is 10.2 Å². The molecule has 82 valence electrons. The minimum absolute atomic E-state index is 0.111. The van der Waals surface area contributed by atoms with Crippen molar-refractivity contribution in [2.24, 2.45) is 7.05 Å². The lowest BCUT2D eigenvalue weighted by Crippen LogP contribution is -2.22. The third-order valence-corrected chi connectivity index (χ3v) is 2.59. The third kappa shape index (κ3) is 2.41. The molecule has 1 aromatic heterocycles. The van der Waals surface area contributed by atoms with Crippen LogP contribution in [0.15, 0.2) is 6.20 Å². The van der Waals surface area contributed by atoms with Gasteiger partial charge in [0, 0.05) is 7.05 Å². The van der Waals surface area contributed by atoms with Crippen LogP contribution in [0.2, 0.25) is 0 Å². The second kappa shape index (κ2) is 4.10. The minimum atomic E-state index is -0.234. The summed E-state index contributed by atoms with van der Waals surface area (Å²) >= 11 is 0. The summed E-state index contributed by atoms with van der Waals surface area (Å²) in [5.41, 5.74) is 0.714. The van der Waals surface area contributed by atoms with Crippen LogP contribution < -0.4 is 0 Å². The summed E-state index contributed by atoms with van der Waals surface area (Å²) in [5, 5.41) is 7.99. The van der Waals surface area contributed by atoms with Gasteiger partial charge in [-0.05, 0) is 19.8 Å². The highest BCUT2D eigenvalue weighted by molar-refractivity contribution is 5.85. The quantitative estimate of drug-likeness (QED) is 0.727. The van der Waals surface area contributed by atoms with Crippen molar-refractivity contribution in [2.45, 2.75) is 38.4 Å². The molecule has 1 aliphatic rings. The Morgan fingerprint density at radius 2 is 2.47 bits per heavy atom. The number of hydrogen-bond donors (Lipinski definition) is 0. The molecule has 1 aliphatic heterocycles. The van der Waals surface area contributed by atoms with Gasteiger partial charge >= 0.3 is 0 Å². The van der Waals surface area contributed by atoms with E-state index in [-0.39, 0.29) is 18.0 Å². The van der Waals surface area contributed by atoms with Gasteiger partial charge in [0.15, 0.2) is 5.78 Å². The number of ether oxygens (including phenoxy) is 1. The Kier molecular flexibility index (Phi) is 2.81. The standard InChI is InChI=1S/C10H15N3O2/c1-7-3-4-10(15-7)9(14)5-8-6-11-13(2)12-8/h6-7,10H,3-5H2,1-2H3. The summed E-state index contributed by atoms with van der Waals surface area (Å²) < 4.78 is 5.50. The number of nitrogens with zero attached hydrogens (tertiary/aromatic N) is 3. The van der Waals surface area contributed by atoms with Crippen LogP contribution in [0.25, 0.3) is 0 Å². The number of aromatic nitrogens is 3. The Bertz CT molecular complexity index is 361. The maximum absolute atomic E-state index is 11.8. The number of aryl methyl sites for hydroxylation is 1. The Morgan fingerprint density at radius 1 is 1.67 bits per heavy atom. The lowest BCUT2D eigenvalue weighted by molar-refractivity contribution is -0.128. The van der Waals surface area contributed by atoms with Crippen molar-refractivity contribution in [3.05, 3.63) is 11.9 Å². The van der Waals surface area contributed by atoms with Crippen LogP contribution in [0.5, 0.6) is 0 Å². The van der Waals surface area contributed by atoms with E-state index in [0.29, 0.717) is 12.1 Å². The van der Waals surface area contributed by atoms with Crippen molar-refractivity contribution >= 4 is 5.78 Å². The van der Waals surface area contributed by atoms with Gasteiger partial charge in [-0.2, -0.15) is 15.0 Å². The topological polar surface area (TPSA) is 57.0 Å². The molecule has 1 saturated heterocycles. The summed E-state index contributed by atoms with van der Waals surface area (Å²) in [7, 11) is 1.74. The minimum Gasteiger partial charge on any atom is -0.367 e. The van der Waals surface area contributed by atoms with E-state index in [0.717, 1.165) is 12.8 Å². The first-order valence-corrected chi connectivity index (χ1v) is 5.18. The maximum Gasteiger partial charge on any atom is 0.167 e. The van der Waals surface area contributed by atoms with Gasteiger partial charge in [-0.3, -0.25) is 4.79 Å². The van der Waals surface area contributed by atoms with Crippen LogP contribution in [-0.2, 0) is 23.0 Å². The molecule has 0 aromatic carbocycles. The molecule has 1 fully saturated rings. The summed E-state index contributed by atoms with van der Waals surface area (Å²) in [4.78, 5) is 13.2. The number of rotatable bonds is 3. The van der Waals surface area contributed by atoms with E-state index >= 15 is 0 Å². The van der Waals surface area contributed by atoms with Gasteiger partial charge in [0.1, 0.15) is 6.10 Å². The molecule has 2 heterocycles. The molecule has 0 amide bonds. The number of Topliss-reactive ketones (excluding diaryl/α,β-unsaturated/α-hetero) is 1. The molecule has 5 heteroatoms. The fraction of sp³-hybridized carbons (Fsp3) is 0.700. The molecule has 0 aliphatic carbocycles. The van der Waals surface area contributed by atoms with Crippen LogP contribution in [0.4, 0.5) is 0 Å². The average molecular weight is 209 g/mol. The van der Waals surface area contributed by atoms with Gasteiger partial charge in [0.05, 0.1) is 24.4 Å². The molecule has 0 bridgehead atoms. The van der Waals surface area contributed by atoms with Crippen molar-refractivity contribution in [1.82, 2.24) is 15.0 Å². The van der Waals surface area contributed by atoms with E-state index in [1.807, 2.05) is 6.92 Å². The molecule has 0 N–H and O–H groups in total. The molecule has 2 unspecified atom stereocenters. The zero-order valence-electron chi connectivity index (χ0n) is 9.01. The van der Waals surface area contributed by atoms with Crippen LogP contribution in [0.1, 0.15) is 25.5 Å². The van der Waals surface area contributed by atoms with Crippen LogP contribution in [0.3, 0.4) is 0 Å². The SMILES string of the molecule is CC1CCC(C(=O)Cc2cnn(C)n2)O1. The smallest absolute Gasteiger partial charge is 0.167 e. The fourth-order valence-electron chi connectivity index (χ4n) is 1.80. The average Bonchev–Trinajstić information content (AvgIpc) is 2.75. The monoisotopic (exact) mass is 209 g/mol. The number of hydrogen-bond acceptors (Lipinski definition) is 4. The van der Waals surface area contributed by atoms with E-state index in [1.165, 1.54) is 4.80 Å². The van der Waals surface area contributed by atoms with Crippen LogP contribution in [-0.4, -0.2) is 33.0 Å². The predicted octanol–water partition coefficient (Wildman–Crippen LogP) is 0.494. The van der Waals surface area contributed by atoms with Crippen LogP contribution >= 0.6 is 0 Å². The Labute approximate surface area is 88.4 Å². The van der Waals surface area contributed by atoms with E-state index in [4.69, 9.17) is 4.74 Å². The van der Waals surface area contributed by atoms with Crippen molar-refractivity contribution in [2.75, 3.05) is 0 Å². The maximum atomic E-state index is 11.8. The first kappa shape index (κ1) is 10.3. The highest BCUT2D eigenvalue weighted by Crippen LogP contribution is 2.20. The summed E-state index contributed by atoms with van der Waals surface area (Å²) in [6.07, 6.45) is 3.72. The molecule has 1 aromatic rings. The second-order valence-electron chi connectivity index (χ2n) is 3.98. The molecule has 0 spiro atoms. The van der Waals surface area contributed by atoms with E-state index in [1.54, 1.807) is 13.2 Å². The Hall–Kier alpha value is -1.23. The van der Waals surface area contributed by atoms with Gasteiger partial charge in [-0.1, -0.05) is 0 Å². The summed E-state index contributed by atoms with van der Waals surface area (Å²) in [6.45, 7) is 2.00. The predicted molar refractivity (Wildman–Crippen MR) is 53.3 cm³/mol. The first-order chi connectivity index (χ1) is 7.15. The largest absolute Gasteiger partial charge is 0.367 e. The zero-order valence-corrected chi connectivity index (χ0v) is 9.01. The van der Waals surface area contributed by atoms with Crippen molar-refractivity contribution in [3.8, 4) is 0 Å². The van der Waals surface area contributed by atoms with Gasteiger partial charge in [-0.25, -0.2) is 0 Å².